The van der Waals surface area contributed by atoms with Crippen LogP contribution in [-0.2, 0) is 6.42 Å². The lowest BCUT2D eigenvalue weighted by Gasteiger charge is -2.16. The van der Waals surface area contributed by atoms with Crippen molar-refractivity contribution in [2.75, 3.05) is 7.05 Å². The van der Waals surface area contributed by atoms with Gasteiger partial charge in [0.1, 0.15) is 0 Å². The van der Waals surface area contributed by atoms with Gasteiger partial charge in [-0.3, -0.25) is 0 Å². The molecule has 0 bridgehead atoms. The van der Waals surface area contributed by atoms with Crippen molar-refractivity contribution in [2.45, 2.75) is 39.7 Å². The highest BCUT2D eigenvalue weighted by Gasteiger charge is 2.24. The molecule has 1 aliphatic carbocycles. The van der Waals surface area contributed by atoms with Gasteiger partial charge in [0.2, 0.25) is 0 Å². The van der Waals surface area contributed by atoms with Gasteiger partial charge in [-0.2, -0.15) is 0 Å². The Balaban J connectivity index is 2.20. The first kappa shape index (κ1) is 13.4. The largest absolute Gasteiger partial charge is 0.313 e. The molecule has 0 spiro atoms. The molecule has 0 saturated heterocycles. The molecular weight excluding hydrogens is 242 g/mol. The van der Waals surface area contributed by atoms with E-state index in [0.29, 0.717) is 6.04 Å². The molecule has 1 heteroatoms. The van der Waals surface area contributed by atoms with E-state index in [2.05, 4.69) is 63.5 Å². The second-order valence-corrected chi connectivity index (χ2v) is 6.03. The SMILES string of the molecule is CNC1CCc2c(-c3c(C)cc(C)cc3C)cccc21. The number of hydrogen-bond donors (Lipinski definition) is 1. The molecule has 0 aromatic heterocycles. The van der Waals surface area contributed by atoms with Crippen LogP contribution < -0.4 is 5.32 Å². The molecule has 0 amide bonds. The highest BCUT2D eigenvalue weighted by molar-refractivity contribution is 5.76. The molecule has 1 atom stereocenters. The molecule has 2 aromatic carbocycles. The number of fused-ring (bicyclic) bond motifs is 1. The maximum absolute atomic E-state index is 3.44. The standard InChI is InChI=1S/C19H23N/c1-12-10-13(2)19(14(3)11-12)17-7-5-6-16-15(17)8-9-18(16)20-4/h5-7,10-11,18,20H,8-9H2,1-4H3. The van der Waals surface area contributed by atoms with Crippen molar-refractivity contribution >= 4 is 0 Å². The van der Waals surface area contributed by atoms with Crippen LogP contribution in [0.15, 0.2) is 30.3 Å². The lowest BCUT2D eigenvalue weighted by molar-refractivity contribution is 0.590. The summed E-state index contributed by atoms with van der Waals surface area (Å²) in [7, 11) is 2.06. The number of rotatable bonds is 2. The molecule has 20 heavy (non-hydrogen) atoms. The minimum absolute atomic E-state index is 0.524. The summed E-state index contributed by atoms with van der Waals surface area (Å²) in [6, 6.07) is 11.9. The Morgan fingerprint density at radius 1 is 1.05 bits per heavy atom. The Labute approximate surface area is 122 Å². The zero-order chi connectivity index (χ0) is 14.3. The van der Waals surface area contributed by atoms with Gasteiger partial charge in [0.15, 0.2) is 0 Å². The van der Waals surface area contributed by atoms with E-state index in [0.717, 1.165) is 0 Å². The third-order valence-corrected chi connectivity index (χ3v) is 4.57. The summed E-state index contributed by atoms with van der Waals surface area (Å²) >= 11 is 0. The molecule has 0 fully saturated rings. The van der Waals surface area contributed by atoms with Crippen molar-refractivity contribution in [3.05, 3.63) is 58.1 Å². The van der Waals surface area contributed by atoms with Crippen molar-refractivity contribution in [3.63, 3.8) is 0 Å². The summed E-state index contributed by atoms with van der Waals surface area (Å²) in [5.41, 5.74) is 10.0. The normalized spacial score (nSPS) is 17.3. The summed E-state index contributed by atoms with van der Waals surface area (Å²) in [6.45, 7) is 6.65. The molecule has 104 valence electrons. The minimum Gasteiger partial charge on any atom is -0.313 e. The second-order valence-electron chi connectivity index (χ2n) is 6.03. The highest BCUT2D eigenvalue weighted by atomic mass is 14.9. The first-order valence-corrected chi connectivity index (χ1v) is 7.49. The van der Waals surface area contributed by atoms with Gasteiger partial charge in [0.25, 0.3) is 0 Å². The molecule has 3 rings (SSSR count). The predicted octanol–water partition coefficient (Wildman–Crippen LogP) is 4.49. The van der Waals surface area contributed by atoms with Gasteiger partial charge in [-0.15, -0.1) is 0 Å². The summed E-state index contributed by atoms with van der Waals surface area (Å²) < 4.78 is 0. The quantitative estimate of drug-likeness (QED) is 0.844. The summed E-state index contributed by atoms with van der Waals surface area (Å²) in [5, 5.41) is 3.44. The highest BCUT2D eigenvalue weighted by Crippen LogP contribution is 2.39. The van der Waals surface area contributed by atoms with Gasteiger partial charge in [0.05, 0.1) is 0 Å². The topological polar surface area (TPSA) is 12.0 Å². The summed E-state index contributed by atoms with van der Waals surface area (Å²) in [6.07, 6.45) is 2.40. The Bertz CT molecular complexity index is 632. The van der Waals surface area contributed by atoms with Crippen molar-refractivity contribution in [1.29, 1.82) is 0 Å². The average Bonchev–Trinajstić information content (AvgIpc) is 2.81. The third-order valence-electron chi connectivity index (χ3n) is 4.57. The van der Waals surface area contributed by atoms with Crippen molar-refractivity contribution in [3.8, 4) is 11.1 Å². The third kappa shape index (κ3) is 2.06. The molecule has 1 aliphatic rings. The first-order chi connectivity index (χ1) is 9.61. The molecule has 1 unspecified atom stereocenters. The van der Waals surface area contributed by atoms with Crippen LogP contribution in [0.2, 0.25) is 0 Å². The van der Waals surface area contributed by atoms with E-state index in [1.807, 2.05) is 0 Å². The minimum atomic E-state index is 0.524. The van der Waals surface area contributed by atoms with E-state index >= 15 is 0 Å². The van der Waals surface area contributed by atoms with Crippen LogP contribution in [0.1, 0.15) is 40.3 Å². The van der Waals surface area contributed by atoms with Gasteiger partial charge < -0.3 is 5.32 Å². The van der Waals surface area contributed by atoms with Crippen LogP contribution in [0.5, 0.6) is 0 Å². The molecule has 0 heterocycles. The van der Waals surface area contributed by atoms with E-state index in [-0.39, 0.29) is 0 Å². The second kappa shape index (κ2) is 5.06. The first-order valence-electron chi connectivity index (χ1n) is 7.49. The van der Waals surface area contributed by atoms with Crippen molar-refractivity contribution < 1.29 is 0 Å². The van der Waals surface area contributed by atoms with Gasteiger partial charge >= 0.3 is 0 Å². The average molecular weight is 265 g/mol. The van der Waals surface area contributed by atoms with E-state index < -0.39 is 0 Å². The van der Waals surface area contributed by atoms with Gasteiger partial charge in [-0.1, -0.05) is 35.9 Å². The number of benzene rings is 2. The maximum Gasteiger partial charge on any atom is 0.0323 e. The Morgan fingerprint density at radius 3 is 2.40 bits per heavy atom. The fourth-order valence-electron chi connectivity index (χ4n) is 3.79. The molecule has 0 aliphatic heterocycles. The molecule has 1 N–H and O–H groups in total. The zero-order valence-electron chi connectivity index (χ0n) is 12.9. The molecule has 2 aromatic rings. The van der Waals surface area contributed by atoms with E-state index in [4.69, 9.17) is 0 Å². The number of aryl methyl sites for hydroxylation is 3. The number of hydrogen-bond acceptors (Lipinski definition) is 1. The number of nitrogens with one attached hydrogen (secondary N) is 1. The van der Waals surface area contributed by atoms with Crippen molar-refractivity contribution in [1.82, 2.24) is 5.32 Å². The summed E-state index contributed by atoms with van der Waals surface area (Å²) in [5.74, 6) is 0. The zero-order valence-corrected chi connectivity index (χ0v) is 12.9. The van der Waals surface area contributed by atoms with Gasteiger partial charge in [0, 0.05) is 6.04 Å². The predicted molar refractivity (Wildman–Crippen MR) is 86.2 cm³/mol. The van der Waals surface area contributed by atoms with Crippen LogP contribution in [0.4, 0.5) is 0 Å². The van der Waals surface area contributed by atoms with Crippen molar-refractivity contribution in [2.24, 2.45) is 0 Å². The lowest BCUT2D eigenvalue weighted by atomic mass is 9.89. The summed E-state index contributed by atoms with van der Waals surface area (Å²) in [4.78, 5) is 0. The van der Waals surface area contributed by atoms with E-state index in [9.17, 15) is 0 Å². The fourth-order valence-corrected chi connectivity index (χ4v) is 3.79. The van der Waals surface area contributed by atoms with E-state index in [1.54, 1.807) is 5.56 Å². The fraction of sp³-hybridized carbons (Fsp3) is 0.368. The smallest absolute Gasteiger partial charge is 0.0323 e. The maximum atomic E-state index is 3.44. The molecule has 1 nitrogen and oxygen atoms in total. The van der Waals surface area contributed by atoms with Gasteiger partial charge in [-0.25, -0.2) is 0 Å². The Morgan fingerprint density at radius 2 is 1.75 bits per heavy atom. The van der Waals surface area contributed by atoms with Crippen LogP contribution >= 0.6 is 0 Å². The Kier molecular flexibility index (Phi) is 3.39. The molecule has 0 radical (unpaired) electrons. The Hall–Kier alpha value is -1.60. The van der Waals surface area contributed by atoms with Crippen LogP contribution in [0.25, 0.3) is 11.1 Å². The van der Waals surface area contributed by atoms with Crippen LogP contribution in [0.3, 0.4) is 0 Å². The molecular formula is C19H23N. The lowest BCUT2D eigenvalue weighted by Crippen LogP contribution is -2.12. The van der Waals surface area contributed by atoms with Crippen LogP contribution in [0, 0.1) is 20.8 Å². The monoisotopic (exact) mass is 265 g/mol. The van der Waals surface area contributed by atoms with E-state index in [1.165, 1.54) is 46.2 Å². The van der Waals surface area contributed by atoms with Crippen LogP contribution in [-0.4, -0.2) is 7.05 Å². The van der Waals surface area contributed by atoms with Gasteiger partial charge in [-0.05, 0) is 74.0 Å². The molecule has 0 saturated carbocycles.